The number of nitrogens with one attached hydrogen (secondary N) is 1. The molecule has 0 bridgehead atoms. The zero-order valence-electron chi connectivity index (χ0n) is 12.2. The molecule has 0 aliphatic heterocycles. The van der Waals surface area contributed by atoms with Gasteiger partial charge < -0.3 is 10.1 Å². The average Bonchev–Trinajstić information content (AvgIpc) is 2.97. The standard InChI is InChI=1S/C15H15N5OS/c1-10(2)21-11-6-7-12(17-9-11)14-19-15(22-20-14)18-13-5-3-4-8-16-13/h3-10H,1-2H3,(H,16,18,19,20). The molecule has 0 unspecified atom stereocenters. The topological polar surface area (TPSA) is 72.8 Å². The molecule has 1 N–H and O–H groups in total. The van der Waals surface area contributed by atoms with Crippen LogP contribution in [-0.4, -0.2) is 25.4 Å². The molecule has 22 heavy (non-hydrogen) atoms. The van der Waals surface area contributed by atoms with Crippen LogP contribution in [0.4, 0.5) is 10.9 Å². The summed E-state index contributed by atoms with van der Waals surface area (Å²) in [6, 6.07) is 9.37. The molecule has 6 nitrogen and oxygen atoms in total. The van der Waals surface area contributed by atoms with Crippen LogP contribution in [-0.2, 0) is 0 Å². The molecule has 0 saturated heterocycles. The predicted octanol–water partition coefficient (Wildman–Crippen LogP) is 3.53. The van der Waals surface area contributed by atoms with Gasteiger partial charge >= 0.3 is 0 Å². The zero-order valence-corrected chi connectivity index (χ0v) is 13.0. The summed E-state index contributed by atoms with van der Waals surface area (Å²) in [5, 5.41) is 3.79. The van der Waals surface area contributed by atoms with E-state index in [4.69, 9.17) is 4.74 Å². The molecule has 0 saturated carbocycles. The third kappa shape index (κ3) is 3.56. The molecule has 0 aromatic carbocycles. The Labute approximate surface area is 132 Å². The number of nitrogens with zero attached hydrogens (tertiary/aromatic N) is 4. The van der Waals surface area contributed by atoms with E-state index in [2.05, 4.69) is 24.6 Å². The van der Waals surface area contributed by atoms with E-state index in [9.17, 15) is 0 Å². The Bertz CT molecular complexity index is 727. The molecule has 0 aliphatic carbocycles. The summed E-state index contributed by atoms with van der Waals surface area (Å²) >= 11 is 1.27. The van der Waals surface area contributed by atoms with Crippen molar-refractivity contribution in [1.29, 1.82) is 0 Å². The van der Waals surface area contributed by atoms with Gasteiger partial charge in [-0.1, -0.05) is 6.07 Å². The van der Waals surface area contributed by atoms with E-state index in [-0.39, 0.29) is 6.10 Å². The molecule has 0 radical (unpaired) electrons. The lowest BCUT2D eigenvalue weighted by Gasteiger charge is -2.08. The monoisotopic (exact) mass is 313 g/mol. The second-order valence-corrected chi connectivity index (χ2v) is 5.56. The highest BCUT2D eigenvalue weighted by molar-refractivity contribution is 7.09. The van der Waals surface area contributed by atoms with E-state index < -0.39 is 0 Å². The van der Waals surface area contributed by atoms with Gasteiger partial charge in [-0.2, -0.15) is 9.36 Å². The Morgan fingerprint density at radius 1 is 1.14 bits per heavy atom. The van der Waals surface area contributed by atoms with Crippen LogP contribution in [0.15, 0.2) is 42.7 Å². The van der Waals surface area contributed by atoms with Crippen molar-refractivity contribution in [2.24, 2.45) is 0 Å². The second kappa shape index (κ2) is 6.48. The third-order valence-corrected chi connectivity index (χ3v) is 3.29. The molecule has 3 aromatic rings. The van der Waals surface area contributed by atoms with Crippen molar-refractivity contribution in [2.45, 2.75) is 20.0 Å². The number of pyridine rings is 2. The van der Waals surface area contributed by atoms with E-state index in [1.807, 2.05) is 44.2 Å². The lowest BCUT2D eigenvalue weighted by atomic mass is 10.3. The Balaban J connectivity index is 1.73. The minimum atomic E-state index is 0.124. The van der Waals surface area contributed by atoms with Crippen LogP contribution >= 0.6 is 11.5 Å². The summed E-state index contributed by atoms with van der Waals surface area (Å²) in [4.78, 5) is 12.9. The van der Waals surface area contributed by atoms with Crippen LogP contribution in [0.5, 0.6) is 5.75 Å². The van der Waals surface area contributed by atoms with Gasteiger partial charge in [-0.15, -0.1) is 0 Å². The molecule has 3 aromatic heterocycles. The fourth-order valence-electron chi connectivity index (χ4n) is 1.78. The van der Waals surface area contributed by atoms with Gasteiger partial charge in [-0.3, -0.25) is 0 Å². The first-order chi connectivity index (χ1) is 10.7. The average molecular weight is 313 g/mol. The van der Waals surface area contributed by atoms with Gasteiger partial charge in [0.15, 0.2) is 5.82 Å². The molecular formula is C15H15N5OS. The highest BCUT2D eigenvalue weighted by Crippen LogP contribution is 2.23. The first kappa shape index (κ1) is 14.4. The summed E-state index contributed by atoms with van der Waals surface area (Å²) in [5.41, 5.74) is 0.710. The summed E-state index contributed by atoms with van der Waals surface area (Å²) in [6.45, 7) is 3.96. The Hall–Kier alpha value is -2.54. The van der Waals surface area contributed by atoms with Crippen LogP contribution in [0.1, 0.15) is 13.8 Å². The first-order valence-electron chi connectivity index (χ1n) is 6.85. The van der Waals surface area contributed by atoms with Crippen molar-refractivity contribution in [3.05, 3.63) is 42.7 Å². The molecular weight excluding hydrogens is 298 g/mol. The number of ether oxygens (including phenoxy) is 1. The highest BCUT2D eigenvalue weighted by Gasteiger charge is 2.09. The lowest BCUT2D eigenvalue weighted by Crippen LogP contribution is -2.05. The van der Waals surface area contributed by atoms with Gasteiger partial charge in [0.25, 0.3) is 0 Å². The van der Waals surface area contributed by atoms with Crippen LogP contribution in [0.25, 0.3) is 11.5 Å². The van der Waals surface area contributed by atoms with E-state index in [1.165, 1.54) is 11.5 Å². The number of aromatic nitrogens is 4. The van der Waals surface area contributed by atoms with Crippen LogP contribution in [0.3, 0.4) is 0 Å². The number of rotatable bonds is 5. The Morgan fingerprint density at radius 3 is 2.73 bits per heavy atom. The molecule has 3 rings (SSSR count). The Kier molecular flexibility index (Phi) is 4.24. The molecule has 0 aliphatic rings. The summed E-state index contributed by atoms with van der Waals surface area (Å²) in [6.07, 6.45) is 3.53. The summed E-state index contributed by atoms with van der Waals surface area (Å²) in [7, 11) is 0. The Morgan fingerprint density at radius 2 is 2.05 bits per heavy atom. The summed E-state index contributed by atoms with van der Waals surface area (Å²) in [5.74, 6) is 2.05. The second-order valence-electron chi connectivity index (χ2n) is 4.81. The van der Waals surface area contributed by atoms with Gasteiger partial charge in [0.2, 0.25) is 5.13 Å². The van der Waals surface area contributed by atoms with Crippen LogP contribution in [0, 0.1) is 0 Å². The fraction of sp³-hybridized carbons (Fsp3) is 0.200. The third-order valence-electron chi connectivity index (χ3n) is 2.66. The summed E-state index contributed by atoms with van der Waals surface area (Å²) < 4.78 is 9.88. The molecule has 3 heterocycles. The minimum absolute atomic E-state index is 0.124. The van der Waals surface area contributed by atoms with Crippen molar-refractivity contribution in [3.8, 4) is 17.3 Å². The zero-order chi connectivity index (χ0) is 15.4. The SMILES string of the molecule is CC(C)Oc1ccc(-c2nsc(Nc3ccccn3)n2)nc1. The van der Waals surface area contributed by atoms with Crippen molar-refractivity contribution in [1.82, 2.24) is 19.3 Å². The maximum Gasteiger partial charge on any atom is 0.208 e. The van der Waals surface area contributed by atoms with E-state index in [0.717, 1.165) is 11.6 Å². The van der Waals surface area contributed by atoms with Gasteiger partial charge in [0.05, 0.1) is 12.3 Å². The maximum atomic E-state index is 5.57. The number of anilines is 2. The van der Waals surface area contributed by atoms with E-state index in [0.29, 0.717) is 16.6 Å². The van der Waals surface area contributed by atoms with Crippen molar-refractivity contribution in [3.63, 3.8) is 0 Å². The predicted molar refractivity (Wildman–Crippen MR) is 86.4 cm³/mol. The molecule has 7 heteroatoms. The molecule has 0 amide bonds. The van der Waals surface area contributed by atoms with Crippen LogP contribution in [0.2, 0.25) is 0 Å². The smallest absolute Gasteiger partial charge is 0.208 e. The molecule has 0 atom stereocenters. The highest BCUT2D eigenvalue weighted by atomic mass is 32.1. The normalized spacial score (nSPS) is 10.7. The fourth-order valence-corrected chi connectivity index (χ4v) is 2.36. The minimum Gasteiger partial charge on any atom is -0.489 e. The van der Waals surface area contributed by atoms with E-state index >= 15 is 0 Å². The van der Waals surface area contributed by atoms with Gasteiger partial charge in [-0.25, -0.2) is 9.97 Å². The number of hydrogen-bond acceptors (Lipinski definition) is 7. The first-order valence-corrected chi connectivity index (χ1v) is 7.63. The van der Waals surface area contributed by atoms with Gasteiger partial charge in [0.1, 0.15) is 17.3 Å². The van der Waals surface area contributed by atoms with Crippen LogP contribution < -0.4 is 10.1 Å². The van der Waals surface area contributed by atoms with Crippen molar-refractivity contribution in [2.75, 3.05) is 5.32 Å². The van der Waals surface area contributed by atoms with E-state index in [1.54, 1.807) is 12.4 Å². The maximum absolute atomic E-state index is 5.57. The molecule has 0 fully saturated rings. The lowest BCUT2D eigenvalue weighted by molar-refractivity contribution is 0.241. The van der Waals surface area contributed by atoms with Gasteiger partial charge in [-0.05, 0) is 38.1 Å². The largest absolute Gasteiger partial charge is 0.489 e. The van der Waals surface area contributed by atoms with Crippen molar-refractivity contribution < 1.29 is 4.74 Å². The molecule has 0 spiro atoms. The van der Waals surface area contributed by atoms with Crippen molar-refractivity contribution >= 4 is 22.5 Å². The van der Waals surface area contributed by atoms with Gasteiger partial charge in [0, 0.05) is 17.7 Å². The number of hydrogen-bond donors (Lipinski definition) is 1. The quantitative estimate of drug-likeness (QED) is 0.777. The molecule has 112 valence electrons.